The first kappa shape index (κ1) is 13.6. The monoisotopic (exact) mass is 267 g/mol. The van der Waals surface area contributed by atoms with E-state index in [9.17, 15) is 0 Å². The van der Waals surface area contributed by atoms with Crippen LogP contribution in [-0.4, -0.2) is 6.54 Å². The lowest BCUT2D eigenvalue weighted by molar-refractivity contribution is 0.441. The fraction of sp³-hybridized carbons (Fsp3) is 0.474. The molecule has 1 nitrogen and oxygen atoms in total. The number of benzene rings is 2. The fourth-order valence-corrected chi connectivity index (χ4v) is 3.59. The largest absolute Gasteiger partial charge is 0.310 e. The lowest BCUT2D eigenvalue weighted by atomic mass is 9.99. The highest BCUT2D eigenvalue weighted by molar-refractivity contribution is 5.86. The Balaban J connectivity index is 1.71. The van der Waals surface area contributed by atoms with E-state index in [1.165, 1.54) is 35.6 Å². The van der Waals surface area contributed by atoms with Crippen LogP contribution in [0.5, 0.6) is 0 Å². The first-order valence-corrected chi connectivity index (χ1v) is 7.95. The van der Waals surface area contributed by atoms with Crippen LogP contribution in [0.1, 0.15) is 44.7 Å². The van der Waals surface area contributed by atoms with Crippen molar-refractivity contribution in [2.45, 2.75) is 39.2 Å². The van der Waals surface area contributed by atoms with Crippen LogP contribution in [0.4, 0.5) is 0 Å². The molecule has 1 aliphatic carbocycles. The first-order valence-electron chi connectivity index (χ1n) is 7.95. The molecule has 2 aromatic carbocycles. The predicted octanol–water partition coefficient (Wildman–Crippen LogP) is 4.93. The average Bonchev–Trinajstić information content (AvgIpc) is 2.90. The predicted molar refractivity (Wildman–Crippen MR) is 86.9 cm³/mol. The van der Waals surface area contributed by atoms with Gasteiger partial charge in [-0.25, -0.2) is 0 Å². The third kappa shape index (κ3) is 2.88. The molecule has 2 aromatic rings. The van der Waals surface area contributed by atoms with Crippen LogP contribution >= 0.6 is 0 Å². The van der Waals surface area contributed by atoms with Crippen LogP contribution in [0.15, 0.2) is 42.5 Å². The highest BCUT2D eigenvalue weighted by Crippen LogP contribution is 2.30. The molecule has 20 heavy (non-hydrogen) atoms. The minimum atomic E-state index is 0.428. The molecule has 3 atom stereocenters. The maximum atomic E-state index is 3.75. The first-order chi connectivity index (χ1) is 9.74. The second kappa shape index (κ2) is 5.97. The third-order valence-corrected chi connectivity index (χ3v) is 4.81. The van der Waals surface area contributed by atoms with E-state index in [4.69, 9.17) is 0 Å². The molecule has 106 valence electrons. The molecule has 0 radical (unpaired) electrons. The van der Waals surface area contributed by atoms with E-state index in [0.717, 1.165) is 18.4 Å². The molecule has 0 saturated heterocycles. The summed E-state index contributed by atoms with van der Waals surface area (Å²) in [5.41, 5.74) is 1.43. The Morgan fingerprint density at radius 1 is 1.10 bits per heavy atom. The van der Waals surface area contributed by atoms with Crippen molar-refractivity contribution in [2.24, 2.45) is 11.8 Å². The Labute approximate surface area is 122 Å². The molecule has 3 unspecified atom stereocenters. The second-order valence-corrected chi connectivity index (χ2v) is 6.48. The normalized spacial score (nSPS) is 24.1. The van der Waals surface area contributed by atoms with E-state index in [2.05, 4.69) is 61.6 Å². The smallest absolute Gasteiger partial charge is 0.0298 e. The van der Waals surface area contributed by atoms with Crippen molar-refractivity contribution in [3.63, 3.8) is 0 Å². The van der Waals surface area contributed by atoms with E-state index in [1.54, 1.807) is 0 Å². The van der Waals surface area contributed by atoms with Crippen LogP contribution in [0.25, 0.3) is 10.8 Å². The fourth-order valence-electron chi connectivity index (χ4n) is 3.59. The van der Waals surface area contributed by atoms with Crippen LogP contribution in [0.2, 0.25) is 0 Å². The van der Waals surface area contributed by atoms with Crippen molar-refractivity contribution < 1.29 is 0 Å². The molecule has 1 saturated carbocycles. The number of hydrogen-bond donors (Lipinski definition) is 1. The quantitative estimate of drug-likeness (QED) is 0.828. The van der Waals surface area contributed by atoms with Crippen LogP contribution in [0.3, 0.4) is 0 Å². The summed E-state index contributed by atoms with van der Waals surface area (Å²) in [5.74, 6) is 1.80. The maximum absolute atomic E-state index is 3.75. The zero-order valence-electron chi connectivity index (χ0n) is 12.6. The Bertz CT molecular complexity index is 569. The van der Waals surface area contributed by atoms with Gasteiger partial charge in [0.1, 0.15) is 0 Å². The van der Waals surface area contributed by atoms with Crippen LogP contribution < -0.4 is 5.32 Å². The molecule has 0 aromatic heterocycles. The minimum absolute atomic E-state index is 0.428. The average molecular weight is 267 g/mol. The molecule has 1 fully saturated rings. The van der Waals surface area contributed by atoms with Gasteiger partial charge < -0.3 is 5.32 Å². The third-order valence-electron chi connectivity index (χ3n) is 4.81. The summed E-state index contributed by atoms with van der Waals surface area (Å²) in [6.07, 6.45) is 4.21. The summed E-state index contributed by atoms with van der Waals surface area (Å²) in [6.45, 7) is 5.84. The number of hydrogen-bond acceptors (Lipinski definition) is 1. The molecule has 3 rings (SSSR count). The van der Waals surface area contributed by atoms with Gasteiger partial charge in [0, 0.05) is 6.04 Å². The van der Waals surface area contributed by atoms with Crippen molar-refractivity contribution >= 4 is 10.8 Å². The van der Waals surface area contributed by atoms with Crippen LogP contribution in [0, 0.1) is 11.8 Å². The van der Waals surface area contributed by atoms with Gasteiger partial charge in [0.05, 0.1) is 0 Å². The van der Waals surface area contributed by atoms with Crippen LogP contribution in [-0.2, 0) is 0 Å². The molecule has 1 aliphatic rings. The number of nitrogens with one attached hydrogen (secondary N) is 1. The molecule has 0 amide bonds. The summed E-state index contributed by atoms with van der Waals surface area (Å²) >= 11 is 0. The molecular formula is C19H25N. The van der Waals surface area contributed by atoms with Gasteiger partial charge in [-0.05, 0) is 54.5 Å². The van der Waals surface area contributed by atoms with Gasteiger partial charge in [0.15, 0.2) is 0 Å². The zero-order valence-corrected chi connectivity index (χ0v) is 12.6. The van der Waals surface area contributed by atoms with Gasteiger partial charge in [0.2, 0.25) is 0 Å². The lowest BCUT2D eigenvalue weighted by Gasteiger charge is -2.19. The summed E-state index contributed by atoms with van der Waals surface area (Å²) < 4.78 is 0. The molecule has 0 spiro atoms. The Morgan fingerprint density at radius 2 is 1.90 bits per heavy atom. The molecule has 1 N–H and O–H groups in total. The minimum Gasteiger partial charge on any atom is -0.310 e. The number of fused-ring (bicyclic) bond motifs is 1. The van der Waals surface area contributed by atoms with Crippen molar-refractivity contribution in [2.75, 3.05) is 6.54 Å². The standard InChI is InChI=1S/C19H25N/c1-14-10-11-16(12-14)13-20-15(2)18-9-5-7-17-6-3-4-8-19(17)18/h3-9,14-16,20H,10-13H2,1-2H3. The summed E-state index contributed by atoms with van der Waals surface area (Å²) in [6, 6.07) is 15.7. The Morgan fingerprint density at radius 3 is 2.70 bits per heavy atom. The van der Waals surface area contributed by atoms with Crippen molar-refractivity contribution in [1.29, 1.82) is 0 Å². The van der Waals surface area contributed by atoms with Gasteiger partial charge in [0.25, 0.3) is 0 Å². The van der Waals surface area contributed by atoms with Gasteiger partial charge in [-0.15, -0.1) is 0 Å². The second-order valence-electron chi connectivity index (χ2n) is 6.48. The van der Waals surface area contributed by atoms with Gasteiger partial charge in [-0.3, -0.25) is 0 Å². The van der Waals surface area contributed by atoms with Gasteiger partial charge in [-0.2, -0.15) is 0 Å². The Hall–Kier alpha value is -1.34. The van der Waals surface area contributed by atoms with E-state index in [-0.39, 0.29) is 0 Å². The molecule has 1 heteroatoms. The topological polar surface area (TPSA) is 12.0 Å². The zero-order chi connectivity index (χ0) is 13.9. The van der Waals surface area contributed by atoms with E-state index in [1.807, 2.05) is 0 Å². The molecule has 0 aliphatic heterocycles. The Kier molecular flexibility index (Phi) is 4.07. The molecular weight excluding hydrogens is 242 g/mol. The SMILES string of the molecule is CC1CCC(CNC(C)c2cccc3ccccc23)C1. The van der Waals surface area contributed by atoms with Crippen molar-refractivity contribution in [1.82, 2.24) is 5.32 Å². The lowest BCUT2D eigenvalue weighted by Crippen LogP contribution is -2.24. The highest BCUT2D eigenvalue weighted by atomic mass is 14.9. The van der Waals surface area contributed by atoms with E-state index < -0.39 is 0 Å². The maximum Gasteiger partial charge on any atom is 0.0298 e. The van der Waals surface area contributed by atoms with Gasteiger partial charge >= 0.3 is 0 Å². The van der Waals surface area contributed by atoms with E-state index in [0.29, 0.717) is 6.04 Å². The summed E-state index contributed by atoms with van der Waals surface area (Å²) in [7, 11) is 0. The summed E-state index contributed by atoms with van der Waals surface area (Å²) in [5, 5.41) is 6.48. The molecule has 0 heterocycles. The molecule has 0 bridgehead atoms. The van der Waals surface area contributed by atoms with E-state index >= 15 is 0 Å². The highest BCUT2D eigenvalue weighted by Gasteiger charge is 2.21. The van der Waals surface area contributed by atoms with Crippen molar-refractivity contribution in [3.8, 4) is 0 Å². The number of rotatable bonds is 4. The van der Waals surface area contributed by atoms with Crippen molar-refractivity contribution in [3.05, 3.63) is 48.0 Å². The summed E-state index contributed by atoms with van der Waals surface area (Å²) in [4.78, 5) is 0. The van der Waals surface area contributed by atoms with Gasteiger partial charge in [-0.1, -0.05) is 55.8 Å².